The first-order valence-electron chi connectivity index (χ1n) is 3.11. The topological polar surface area (TPSA) is 12.5 Å². The van der Waals surface area contributed by atoms with E-state index in [9.17, 15) is 4.39 Å². The average Bonchev–Trinajstić information content (AvgIpc) is 2.13. The summed E-state index contributed by atoms with van der Waals surface area (Å²) in [5.74, 6) is 0. The van der Waals surface area contributed by atoms with Crippen LogP contribution >= 0.6 is 0 Å². The number of likely N-dealkylation sites (N-methyl/N-ethyl adjacent to an activating group) is 1. The van der Waals surface area contributed by atoms with E-state index in [4.69, 9.17) is 4.74 Å². The first kappa shape index (κ1) is 6.96. The molecule has 2 atom stereocenters. The maximum atomic E-state index is 12.6. The van der Waals surface area contributed by atoms with Gasteiger partial charge in [-0.25, -0.2) is 4.39 Å². The lowest BCUT2D eigenvalue weighted by atomic mass is 10.3. The predicted octanol–water partition coefficient (Wildman–Crippen LogP) is 0.632. The number of likely N-dealkylation sites (tertiary alicyclic amines) is 1. The maximum absolute atomic E-state index is 12.6. The van der Waals surface area contributed by atoms with Gasteiger partial charge in [-0.15, -0.1) is 0 Å². The second-order valence-electron chi connectivity index (χ2n) is 2.47. The zero-order valence-electron chi connectivity index (χ0n) is 5.80. The molecule has 1 fully saturated rings. The normalized spacial score (nSPS) is 37.7. The number of hydrogen-bond donors (Lipinski definition) is 0. The van der Waals surface area contributed by atoms with E-state index in [1.807, 2.05) is 0 Å². The lowest BCUT2D eigenvalue weighted by Crippen LogP contribution is -2.21. The molecule has 1 saturated heterocycles. The highest BCUT2D eigenvalue weighted by atomic mass is 19.1. The molecule has 2 unspecified atom stereocenters. The van der Waals surface area contributed by atoms with E-state index in [0.29, 0.717) is 6.42 Å². The fourth-order valence-electron chi connectivity index (χ4n) is 1.08. The van der Waals surface area contributed by atoms with Crippen LogP contribution in [0, 0.1) is 0 Å². The number of halogens is 1. The van der Waals surface area contributed by atoms with E-state index in [1.54, 1.807) is 19.1 Å². The summed E-state index contributed by atoms with van der Waals surface area (Å²) in [5.41, 5.74) is 0. The molecule has 1 heterocycles. The van der Waals surface area contributed by atoms with Crippen molar-refractivity contribution in [2.24, 2.45) is 0 Å². The third-order valence-electron chi connectivity index (χ3n) is 1.76. The van der Waals surface area contributed by atoms with E-state index < -0.39 is 6.30 Å². The van der Waals surface area contributed by atoms with Crippen LogP contribution in [0.2, 0.25) is 0 Å². The van der Waals surface area contributed by atoms with Gasteiger partial charge in [-0.2, -0.15) is 0 Å². The Balaban J connectivity index is 2.35. The molecule has 1 aliphatic heterocycles. The Labute approximate surface area is 54.6 Å². The minimum absolute atomic E-state index is 0.102. The van der Waals surface area contributed by atoms with E-state index in [0.717, 1.165) is 6.54 Å². The summed E-state index contributed by atoms with van der Waals surface area (Å²) in [6.07, 6.45) is -0.174. The molecule has 9 heavy (non-hydrogen) atoms. The van der Waals surface area contributed by atoms with E-state index in [2.05, 4.69) is 0 Å². The second-order valence-corrected chi connectivity index (χ2v) is 2.47. The van der Waals surface area contributed by atoms with Crippen molar-refractivity contribution in [2.45, 2.75) is 18.8 Å². The average molecular weight is 133 g/mol. The molecule has 54 valence electrons. The predicted molar refractivity (Wildman–Crippen MR) is 32.9 cm³/mol. The van der Waals surface area contributed by atoms with Gasteiger partial charge in [-0.05, 0) is 7.05 Å². The summed E-state index contributed by atoms with van der Waals surface area (Å²) in [6.45, 7) is 0.720. The summed E-state index contributed by atoms with van der Waals surface area (Å²) in [4.78, 5) is 1.66. The maximum Gasteiger partial charge on any atom is 0.156 e. The number of ether oxygens (including phenoxy) is 1. The zero-order valence-corrected chi connectivity index (χ0v) is 5.80. The van der Waals surface area contributed by atoms with Gasteiger partial charge in [0.1, 0.15) is 0 Å². The van der Waals surface area contributed by atoms with Gasteiger partial charge >= 0.3 is 0 Å². The van der Waals surface area contributed by atoms with Crippen molar-refractivity contribution in [1.29, 1.82) is 0 Å². The van der Waals surface area contributed by atoms with Gasteiger partial charge < -0.3 is 4.74 Å². The Bertz CT molecular complexity index is 89.1. The highest BCUT2D eigenvalue weighted by molar-refractivity contribution is 4.76. The van der Waals surface area contributed by atoms with E-state index >= 15 is 0 Å². The van der Waals surface area contributed by atoms with Gasteiger partial charge in [0.05, 0.1) is 6.10 Å². The number of hydrogen-bond acceptors (Lipinski definition) is 2. The number of alkyl halides is 1. The van der Waals surface area contributed by atoms with Crippen LogP contribution in [0.25, 0.3) is 0 Å². The van der Waals surface area contributed by atoms with Gasteiger partial charge in [-0.1, -0.05) is 0 Å². The third-order valence-corrected chi connectivity index (χ3v) is 1.76. The van der Waals surface area contributed by atoms with Crippen LogP contribution in [0.1, 0.15) is 6.42 Å². The van der Waals surface area contributed by atoms with Crippen molar-refractivity contribution < 1.29 is 9.13 Å². The number of methoxy groups -OCH3 is 1. The zero-order chi connectivity index (χ0) is 6.85. The highest BCUT2D eigenvalue weighted by Crippen LogP contribution is 2.17. The van der Waals surface area contributed by atoms with Crippen LogP contribution in [-0.4, -0.2) is 38.0 Å². The van der Waals surface area contributed by atoms with Crippen LogP contribution in [0.4, 0.5) is 4.39 Å². The van der Waals surface area contributed by atoms with E-state index in [-0.39, 0.29) is 6.10 Å². The summed E-state index contributed by atoms with van der Waals surface area (Å²) < 4.78 is 17.6. The monoisotopic (exact) mass is 133 g/mol. The third kappa shape index (κ3) is 1.40. The standard InChI is InChI=1S/C6H12FNO/c1-8-4-5(9-2)3-6(8)7/h5-6H,3-4H2,1-2H3. The van der Waals surface area contributed by atoms with Crippen molar-refractivity contribution in [3.63, 3.8) is 0 Å². The van der Waals surface area contributed by atoms with Gasteiger partial charge in [0.2, 0.25) is 0 Å². The molecule has 0 aliphatic carbocycles. The summed E-state index contributed by atoms with van der Waals surface area (Å²) in [6, 6.07) is 0. The van der Waals surface area contributed by atoms with Crippen LogP contribution in [-0.2, 0) is 4.74 Å². The van der Waals surface area contributed by atoms with Crippen molar-refractivity contribution in [3.05, 3.63) is 0 Å². The molecule has 0 aromatic heterocycles. The molecular weight excluding hydrogens is 121 g/mol. The quantitative estimate of drug-likeness (QED) is 0.486. The Morgan fingerprint density at radius 2 is 2.33 bits per heavy atom. The van der Waals surface area contributed by atoms with Crippen LogP contribution in [0.15, 0.2) is 0 Å². The summed E-state index contributed by atoms with van der Waals surface area (Å²) in [5, 5.41) is 0. The molecule has 0 N–H and O–H groups in total. The minimum atomic E-state index is -0.796. The molecule has 0 aromatic rings. The van der Waals surface area contributed by atoms with Gasteiger partial charge in [0.15, 0.2) is 6.30 Å². The Morgan fingerprint density at radius 3 is 2.56 bits per heavy atom. The summed E-state index contributed by atoms with van der Waals surface area (Å²) >= 11 is 0. The van der Waals surface area contributed by atoms with Gasteiger partial charge in [0.25, 0.3) is 0 Å². The smallest absolute Gasteiger partial charge is 0.156 e. The fourth-order valence-corrected chi connectivity index (χ4v) is 1.08. The first-order chi connectivity index (χ1) is 4.24. The molecular formula is C6H12FNO. The van der Waals surface area contributed by atoms with Crippen molar-refractivity contribution in [2.75, 3.05) is 20.7 Å². The molecule has 0 radical (unpaired) electrons. The minimum Gasteiger partial charge on any atom is -0.380 e. The van der Waals surface area contributed by atoms with Crippen molar-refractivity contribution in [3.8, 4) is 0 Å². The molecule has 0 amide bonds. The molecule has 1 rings (SSSR count). The van der Waals surface area contributed by atoms with Gasteiger partial charge in [-0.3, -0.25) is 4.90 Å². The lowest BCUT2D eigenvalue weighted by Gasteiger charge is -2.08. The number of nitrogens with zero attached hydrogens (tertiary/aromatic N) is 1. The summed E-state index contributed by atoms with van der Waals surface area (Å²) in [7, 11) is 3.39. The largest absolute Gasteiger partial charge is 0.380 e. The Kier molecular flexibility index (Phi) is 2.03. The van der Waals surface area contributed by atoms with E-state index in [1.165, 1.54) is 0 Å². The molecule has 0 saturated carbocycles. The first-order valence-corrected chi connectivity index (χ1v) is 3.11. The molecule has 0 spiro atoms. The van der Waals surface area contributed by atoms with Crippen LogP contribution in [0.5, 0.6) is 0 Å². The fraction of sp³-hybridized carbons (Fsp3) is 1.00. The van der Waals surface area contributed by atoms with Crippen LogP contribution < -0.4 is 0 Å². The van der Waals surface area contributed by atoms with Crippen molar-refractivity contribution in [1.82, 2.24) is 4.90 Å². The SMILES string of the molecule is COC1CC(F)N(C)C1. The second kappa shape index (κ2) is 2.62. The number of rotatable bonds is 1. The lowest BCUT2D eigenvalue weighted by molar-refractivity contribution is 0.110. The van der Waals surface area contributed by atoms with Gasteiger partial charge in [0, 0.05) is 20.1 Å². The molecule has 1 aliphatic rings. The Hall–Kier alpha value is -0.150. The molecule has 2 nitrogen and oxygen atoms in total. The Morgan fingerprint density at radius 1 is 1.67 bits per heavy atom. The molecule has 0 bridgehead atoms. The van der Waals surface area contributed by atoms with Crippen LogP contribution in [0.3, 0.4) is 0 Å². The molecule has 0 aromatic carbocycles. The molecule has 3 heteroatoms. The van der Waals surface area contributed by atoms with Crippen molar-refractivity contribution >= 4 is 0 Å². The highest BCUT2D eigenvalue weighted by Gasteiger charge is 2.28.